The van der Waals surface area contributed by atoms with Gasteiger partial charge in [-0.3, -0.25) is 0 Å². The lowest BCUT2D eigenvalue weighted by molar-refractivity contribution is 0.632. The summed E-state index contributed by atoms with van der Waals surface area (Å²) in [6.07, 6.45) is 0. The van der Waals surface area contributed by atoms with Crippen LogP contribution in [-0.2, 0) is 0 Å². The summed E-state index contributed by atoms with van der Waals surface area (Å²) in [5.41, 5.74) is 14.5. The fourth-order valence-corrected chi connectivity index (χ4v) is 8.67. The van der Waals surface area contributed by atoms with E-state index >= 15 is 0 Å². The van der Waals surface area contributed by atoms with Crippen LogP contribution >= 0.6 is 0 Å². The van der Waals surface area contributed by atoms with E-state index in [9.17, 15) is 0 Å². The van der Waals surface area contributed by atoms with Crippen LogP contribution in [0.4, 0.5) is 17.1 Å². The second-order valence-electron chi connectivity index (χ2n) is 15.3. The molecule has 60 heavy (non-hydrogen) atoms. The molecular weight excluding hydrogens is 727 g/mol. The molecule has 0 amide bonds. The van der Waals surface area contributed by atoms with Crippen molar-refractivity contribution in [3.63, 3.8) is 0 Å². The molecule has 0 spiro atoms. The Morgan fingerprint density at radius 2 is 0.817 bits per heavy atom. The fourth-order valence-electron chi connectivity index (χ4n) is 8.67. The van der Waals surface area contributed by atoms with Crippen molar-refractivity contribution in [3.05, 3.63) is 237 Å². The van der Waals surface area contributed by atoms with Crippen molar-refractivity contribution >= 4 is 49.6 Å². The standard InChI is InChI=1S/C58H39NO/c1-3-13-42(14-4-1)52-35-30-46(38-55(52)58-39-48-18-8-12-22-57(48)60-58)41-27-33-50(34-28-41)59(56-21-11-10-20-54(56)43-15-5-2-6-16-43)49-31-25-40(26-32-49)45-29-36-53-47(37-45)24-23-44-17-7-9-19-51(44)53/h1-39H. The van der Waals surface area contributed by atoms with Crippen molar-refractivity contribution in [1.29, 1.82) is 0 Å². The molecule has 11 rings (SSSR count). The number of nitrogens with zero attached hydrogens (tertiary/aromatic N) is 1. The van der Waals surface area contributed by atoms with E-state index in [2.05, 4.69) is 229 Å². The zero-order valence-electron chi connectivity index (χ0n) is 32.9. The van der Waals surface area contributed by atoms with Crippen LogP contribution in [0, 0.1) is 0 Å². The van der Waals surface area contributed by atoms with Gasteiger partial charge >= 0.3 is 0 Å². The third-order valence-corrected chi connectivity index (χ3v) is 11.7. The van der Waals surface area contributed by atoms with Gasteiger partial charge in [0.15, 0.2) is 0 Å². The van der Waals surface area contributed by atoms with Gasteiger partial charge in [-0.15, -0.1) is 0 Å². The molecule has 0 fully saturated rings. The molecule has 0 radical (unpaired) electrons. The summed E-state index contributed by atoms with van der Waals surface area (Å²) in [6, 6.07) is 84.8. The fraction of sp³-hybridized carbons (Fsp3) is 0. The molecule has 2 nitrogen and oxygen atoms in total. The van der Waals surface area contributed by atoms with Crippen LogP contribution in [0.3, 0.4) is 0 Å². The topological polar surface area (TPSA) is 16.4 Å². The van der Waals surface area contributed by atoms with Crippen molar-refractivity contribution in [2.45, 2.75) is 0 Å². The summed E-state index contributed by atoms with van der Waals surface area (Å²) in [4.78, 5) is 2.38. The Morgan fingerprint density at radius 3 is 1.53 bits per heavy atom. The molecule has 2 heteroatoms. The van der Waals surface area contributed by atoms with E-state index in [1.165, 1.54) is 43.8 Å². The minimum absolute atomic E-state index is 0.859. The second kappa shape index (κ2) is 15.1. The quantitative estimate of drug-likeness (QED) is 0.143. The minimum Gasteiger partial charge on any atom is -0.456 e. The van der Waals surface area contributed by atoms with Gasteiger partial charge in [-0.1, -0.05) is 182 Å². The Morgan fingerprint density at radius 1 is 0.283 bits per heavy atom. The third kappa shape index (κ3) is 6.51. The number of furan rings is 1. The summed E-state index contributed by atoms with van der Waals surface area (Å²) < 4.78 is 6.47. The lowest BCUT2D eigenvalue weighted by Gasteiger charge is -2.28. The van der Waals surface area contributed by atoms with Crippen LogP contribution < -0.4 is 4.90 Å². The Labute approximate surface area is 349 Å². The maximum atomic E-state index is 6.47. The highest BCUT2D eigenvalue weighted by Gasteiger charge is 2.19. The molecule has 0 aliphatic carbocycles. The normalized spacial score (nSPS) is 11.3. The molecule has 11 aromatic rings. The molecule has 282 valence electrons. The van der Waals surface area contributed by atoms with E-state index in [0.29, 0.717) is 0 Å². The number of anilines is 3. The minimum atomic E-state index is 0.859. The summed E-state index contributed by atoms with van der Waals surface area (Å²) >= 11 is 0. The maximum Gasteiger partial charge on any atom is 0.136 e. The number of hydrogen-bond acceptors (Lipinski definition) is 2. The van der Waals surface area contributed by atoms with Gasteiger partial charge < -0.3 is 9.32 Å². The molecule has 10 aromatic carbocycles. The predicted molar refractivity (Wildman–Crippen MR) is 253 cm³/mol. The number of benzene rings is 10. The van der Waals surface area contributed by atoms with Gasteiger partial charge in [-0.25, -0.2) is 0 Å². The van der Waals surface area contributed by atoms with Gasteiger partial charge in [0.05, 0.1) is 5.69 Å². The first-order valence-corrected chi connectivity index (χ1v) is 20.5. The Balaban J connectivity index is 0.991. The molecule has 0 atom stereocenters. The van der Waals surface area contributed by atoms with Crippen molar-refractivity contribution in [2.24, 2.45) is 0 Å². The van der Waals surface area contributed by atoms with E-state index in [1.54, 1.807) is 0 Å². The third-order valence-electron chi connectivity index (χ3n) is 11.7. The summed E-state index contributed by atoms with van der Waals surface area (Å²) in [5.74, 6) is 0.859. The Kier molecular flexibility index (Phi) is 8.87. The predicted octanol–water partition coefficient (Wildman–Crippen LogP) is 16.5. The van der Waals surface area contributed by atoms with Crippen LogP contribution in [0.5, 0.6) is 0 Å². The van der Waals surface area contributed by atoms with E-state index in [0.717, 1.165) is 61.6 Å². The van der Waals surface area contributed by atoms with Gasteiger partial charge in [-0.05, 0) is 115 Å². The van der Waals surface area contributed by atoms with Crippen molar-refractivity contribution < 1.29 is 4.42 Å². The van der Waals surface area contributed by atoms with E-state index < -0.39 is 0 Å². The monoisotopic (exact) mass is 765 g/mol. The number of hydrogen-bond donors (Lipinski definition) is 0. The zero-order valence-corrected chi connectivity index (χ0v) is 32.9. The number of para-hydroxylation sites is 2. The smallest absolute Gasteiger partial charge is 0.136 e. The lowest BCUT2D eigenvalue weighted by atomic mass is 9.93. The van der Waals surface area contributed by atoms with E-state index in [1.807, 2.05) is 12.1 Å². The van der Waals surface area contributed by atoms with Crippen molar-refractivity contribution in [3.8, 4) is 55.8 Å². The molecule has 0 saturated heterocycles. The first-order valence-electron chi connectivity index (χ1n) is 20.5. The first kappa shape index (κ1) is 35.2. The van der Waals surface area contributed by atoms with Crippen LogP contribution in [-0.4, -0.2) is 0 Å². The molecular formula is C58H39NO. The number of rotatable bonds is 8. The molecule has 0 saturated carbocycles. The van der Waals surface area contributed by atoms with Gasteiger partial charge in [0, 0.05) is 27.9 Å². The van der Waals surface area contributed by atoms with Gasteiger partial charge in [0.2, 0.25) is 0 Å². The molecule has 1 aromatic heterocycles. The Hall–Kier alpha value is -7.94. The molecule has 0 aliphatic rings. The van der Waals surface area contributed by atoms with Crippen molar-refractivity contribution in [2.75, 3.05) is 4.90 Å². The Bertz CT molecular complexity index is 3260. The van der Waals surface area contributed by atoms with Gasteiger partial charge in [-0.2, -0.15) is 0 Å². The molecule has 0 bridgehead atoms. The van der Waals surface area contributed by atoms with Gasteiger partial charge in [0.1, 0.15) is 11.3 Å². The van der Waals surface area contributed by atoms with E-state index in [4.69, 9.17) is 4.42 Å². The maximum absolute atomic E-state index is 6.47. The first-order chi connectivity index (χ1) is 29.7. The lowest BCUT2D eigenvalue weighted by Crippen LogP contribution is -2.11. The van der Waals surface area contributed by atoms with E-state index in [-0.39, 0.29) is 0 Å². The molecule has 0 unspecified atom stereocenters. The zero-order chi connectivity index (χ0) is 39.8. The van der Waals surface area contributed by atoms with Gasteiger partial charge in [0.25, 0.3) is 0 Å². The second-order valence-corrected chi connectivity index (χ2v) is 15.3. The average Bonchev–Trinajstić information content (AvgIpc) is 3.77. The molecule has 0 aliphatic heterocycles. The summed E-state index contributed by atoms with van der Waals surface area (Å²) in [5, 5.41) is 6.16. The highest BCUT2D eigenvalue weighted by molar-refractivity contribution is 6.08. The largest absolute Gasteiger partial charge is 0.456 e. The number of fused-ring (bicyclic) bond motifs is 4. The average molecular weight is 766 g/mol. The molecule has 1 heterocycles. The van der Waals surface area contributed by atoms with Crippen LogP contribution in [0.2, 0.25) is 0 Å². The van der Waals surface area contributed by atoms with Crippen LogP contribution in [0.25, 0.3) is 88.3 Å². The highest BCUT2D eigenvalue weighted by Crippen LogP contribution is 2.43. The highest BCUT2D eigenvalue weighted by atomic mass is 16.3. The van der Waals surface area contributed by atoms with Crippen LogP contribution in [0.1, 0.15) is 0 Å². The SMILES string of the molecule is c1ccc(-c2ccc(-c3ccc(N(c4ccc(-c5ccc6c(ccc7ccccc76)c5)cc4)c4ccccc4-c4ccccc4)cc3)cc2-c2cc3ccccc3o2)cc1. The van der Waals surface area contributed by atoms with Crippen molar-refractivity contribution in [1.82, 2.24) is 0 Å². The summed E-state index contributed by atoms with van der Waals surface area (Å²) in [7, 11) is 0. The van der Waals surface area contributed by atoms with Crippen LogP contribution in [0.15, 0.2) is 241 Å². The summed E-state index contributed by atoms with van der Waals surface area (Å²) in [6.45, 7) is 0. The molecule has 0 N–H and O–H groups in total.